The second-order valence-electron chi connectivity index (χ2n) is 7.98. The summed E-state index contributed by atoms with van der Waals surface area (Å²) in [5, 5.41) is 0.357. The molecule has 4 aromatic rings. The van der Waals surface area contributed by atoms with Gasteiger partial charge in [-0.25, -0.2) is 9.36 Å². The molecule has 1 aromatic heterocycles. The third-order valence-corrected chi connectivity index (χ3v) is 5.87. The third kappa shape index (κ3) is 4.09. The highest BCUT2D eigenvalue weighted by Crippen LogP contribution is 2.23. The topological polar surface area (TPSA) is 64.7 Å². The van der Waals surface area contributed by atoms with Gasteiger partial charge < -0.3 is 9.15 Å². The lowest BCUT2D eigenvalue weighted by atomic mass is 10.0. The summed E-state index contributed by atoms with van der Waals surface area (Å²) >= 11 is 0. The Balaban J connectivity index is 1.40. The molecular weight excluding hydrogens is 404 g/mol. The van der Waals surface area contributed by atoms with Crippen molar-refractivity contribution in [3.63, 3.8) is 0 Å². The molecule has 1 saturated heterocycles. The van der Waals surface area contributed by atoms with Gasteiger partial charge in [-0.3, -0.25) is 9.69 Å². The predicted octanol–water partition coefficient (Wildman–Crippen LogP) is 4.09. The van der Waals surface area contributed by atoms with E-state index in [0.29, 0.717) is 23.4 Å². The van der Waals surface area contributed by atoms with Crippen molar-refractivity contribution in [1.29, 1.82) is 0 Å². The Kier molecular flexibility index (Phi) is 5.60. The number of rotatable bonds is 6. The van der Waals surface area contributed by atoms with E-state index < -0.39 is 11.3 Å². The Morgan fingerprint density at radius 3 is 2.34 bits per heavy atom. The van der Waals surface area contributed by atoms with Crippen molar-refractivity contribution in [1.82, 2.24) is 9.47 Å². The van der Waals surface area contributed by atoms with Gasteiger partial charge in [-0.15, -0.1) is 0 Å². The van der Waals surface area contributed by atoms with Crippen LogP contribution in [0, 0.1) is 0 Å². The zero-order valence-corrected chi connectivity index (χ0v) is 17.7. The second kappa shape index (κ2) is 8.85. The van der Waals surface area contributed by atoms with Gasteiger partial charge in [0.05, 0.1) is 11.1 Å². The summed E-state index contributed by atoms with van der Waals surface area (Å²) in [6, 6.07) is 22.0. The minimum Gasteiger partial charge on any atom is -0.492 e. The van der Waals surface area contributed by atoms with Gasteiger partial charge in [-0.05, 0) is 73.5 Å². The van der Waals surface area contributed by atoms with Gasteiger partial charge in [-0.1, -0.05) is 36.4 Å². The molecule has 0 radical (unpaired) electrons. The average Bonchev–Trinajstić information content (AvgIpc) is 3.34. The van der Waals surface area contributed by atoms with Gasteiger partial charge in [0.15, 0.2) is 0 Å². The molecule has 6 heteroatoms. The van der Waals surface area contributed by atoms with Crippen LogP contribution < -0.4 is 16.1 Å². The van der Waals surface area contributed by atoms with E-state index >= 15 is 0 Å². The molecule has 3 aromatic carbocycles. The highest BCUT2D eigenvalue weighted by atomic mass is 16.5. The van der Waals surface area contributed by atoms with Crippen molar-refractivity contribution in [2.75, 3.05) is 26.2 Å². The van der Waals surface area contributed by atoms with Crippen molar-refractivity contribution in [3.8, 4) is 22.6 Å². The minimum atomic E-state index is -0.713. The van der Waals surface area contributed by atoms with Gasteiger partial charge in [0.2, 0.25) is 0 Å². The predicted molar refractivity (Wildman–Crippen MR) is 125 cm³/mol. The lowest BCUT2D eigenvalue weighted by molar-refractivity contribution is 0.238. The van der Waals surface area contributed by atoms with Crippen molar-refractivity contribution >= 4 is 11.0 Å². The van der Waals surface area contributed by atoms with Crippen LogP contribution in [0.1, 0.15) is 12.8 Å². The first kappa shape index (κ1) is 20.3. The maximum absolute atomic E-state index is 13.1. The molecule has 0 saturated carbocycles. The SMILES string of the molecule is O=c1oc2cc(-c3ccccc3)ccc2c(=O)n1-c1ccc(OCCN2CCCC2)cc1. The van der Waals surface area contributed by atoms with Crippen molar-refractivity contribution in [2.24, 2.45) is 0 Å². The lowest BCUT2D eigenvalue weighted by Gasteiger charge is -2.15. The number of benzene rings is 3. The largest absolute Gasteiger partial charge is 0.492 e. The lowest BCUT2D eigenvalue weighted by Crippen LogP contribution is -2.30. The molecule has 5 rings (SSSR count). The maximum atomic E-state index is 13.1. The molecule has 6 nitrogen and oxygen atoms in total. The van der Waals surface area contributed by atoms with Crippen molar-refractivity contribution in [2.45, 2.75) is 12.8 Å². The zero-order chi connectivity index (χ0) is 21.9. The summed E-state index contributed by atoms with van der Waals surface area (Å²) in [4.78, 5) is 28.1. The maximum Gasteiger partial charge on any atom is 0.426 e. The summed E-state index contributed by atoms with van der Waals surface area (Å²) in [7, 11) is 0. The molecule has 162 valence electrons. The summed E-state index contributed by atoms with van der Waals surface area (Å²) < 4.78 is 12.4. The molecule has 0 aliphatic carbocycles. The first-order chi connectivity index (χ1) is 15.7. The molecule has 1 fully saturated rings. The van der Waals surface area contributed by atoms with Gasteiger partial charge in [0.25, 0.3) is 5.56 Å². The monoisotopic (exact) mass is 428 g/mol. The normalized spacial score (nSPS) is 14.1. The Morgan fingerprint density at radius 1 is 0.844 bits per heavy atom. The summed E-state index contributed by atoms with van der Waals surface area (Å²) in [5.41, 5.74) is 2.19. The first-order valence-electron chi connectivity index (χ1n) is 10.9. The van der Waals surface area contributed by atoms with E-state index in [4.69, 9.17) is 9.15 Å². The van der Waals surface area contributed by atoms with Crippen LogP contribution in [0.15, 0.2) is 86.8 Å². The fourth-order valence-corrected chi connectivity index (χ4v) is 4.15. The number of hydrogen-bond acceptors (Lipinski definition) is 5. The van der Waals surface area contributed by atoms with E-state index in [9.17, 15) is 9.59 Å². The smallest absolute Gasteiger partial charge is 0.426 e. The van der Waals surface area contributed by atoms with Crippen LogP contribution in [0.25, 0.3) is 27.8 Å². The van der Waals surface area contributed by atoms with Gasteiger partial charge in [0.1, 0.15) is 17.9 Å². The molecule has 0 amide bonds. The summed E-state index contributed by atoms with van der Waals surface area (Å²) in [6.45, 7) is 3.78. The fourth-order valence-electron chi connectivity index (χ4n) is 4.15. The molecule has 32 heavy (non-hydrogen) atoms. The van der Waals surface area contributed by atoms with E-state index in [2.05, 4.69) is 4.90 Å². The molecule has 0 bridgehead atoms. The molecule has 0 atom stereocenters. The summed E-state index contributed by atoms with van der Waals surface area (Å²) in [6.07, 6.45) is 2.51. The van der Waals surface area contributed by atoms with E-state index in [-0.39, 0.29) is 5.58 Å². The Morgan fingerprint density at radius 2 is 1.59 bits per heavy atom. The third-order valence-electron chi connectivity index (χ3n) is 5.87. The fraction of sp³-hybridized carbons (Fsp3) is 0.231. The second-order valence-corrected chi connectivity index (χ2v) is 7.98. The van der Waals surface area contributed by atoms with Crippen LogP contribution in [0.3, 0.4) is 0 Å². The molecule has 0 N–H and O–H groups in total. The number of nitrogens with zero attached hydrogens (tertiary/aromatic N) is 2. The summed E-state index contributed by atoms with van der Waals surface area (Å²) in [5.74, 6) is -0.00547. The van der Waals surface area contributed by atoms with Crippen LogP contribution >= 0.6 is 0 Å². The average molecular weight is 428 g/mol. The van der Waals surface area contributed by atoms with Crippen LogP contribution in [-0.2, 0) is 0 Å². The number of hydrogen-bond donors (Lipinski definition) is 0. The van der Waals surface area contributed by atoms with Crippen LogP contribution in [0.5, 0.6) is 5.75 Å². The molecular formula is C26H24N2O4. The van der Waals surface area contributed by atoms with Gasteiger partial charge >= 0.3 is 5.76 Å². The standard InChI is InChI=1S/C26H24N2O4/c29-25-23-13-8-20(19-6-2-1-3-7-19)18-24(23)32-26(30)28(25)21-9-11-22(12-10-21)31-17-16-27-14-4-5-15-27/h1-3,6-13,18H,4-5,14-17H2. The van der Waals surface area contributed by atoms with Crippen LogP contribution in [0.4, 0.5) is 0 Å². The van der Waals surface area contributed by atoms with Gasteiger partial charge in [0, 0.05) is 6.54 Å². The molecule has 0 spiro atoms. The highest BCUT2D eigenvalue weighted by molar-refractivity contribution is 5.82. The Hall–Kier alpha value is -3.64. The van der Waals surface area contributed by atoms with Crippen molar-refractivity contribution in [3.05, 3.63) is 93.7 Å². The van der Waals surface area contributed by atoms with E-state index in [1.54, 1.807) is 36.4 Å². The van der Waals surface area contributed by atoms with E-state index in [1.807, 2.05) is 36.4 Å². The van der Waals surface area contributed by atoms with Crippen molar-refractivity contribution < 1.29 is 9.15 Å². The Bertz CT molecular complexity index is 1330. The molecule has 1 aliphatic rings. The zero-order valence-electron chi connectivity index (χ0n) is 17.7. The van der Waals surface area contributed by atoms with Gasteiger partial charge in [-0.2, -0.15) is 0 Å². The molecule has 1 aliphatic heterocycles. The number of aromatic nitrogens is 1. The number of ether oxygens (including phenoxy) is 1. The Labute approximate surface area is 185 Å². The number of fused-ring (bicyclic) bond motifs is 1. The first-order valence-corrected chi connectivity index (χ1v) is 10.9. The minimum absolute atomic E-state index is 0.277. The number of likely N-dealkylation sites (tertiary alicyclic amines) is 1. The van der Waals surface area contributed by atoms with Crippen LogP contribution in [0.2, 0.25) is 0 Å². The van der Waals surface area contributed by atoms with Crippen LogP contribution in [-0.4, -0.2) is 35.7 Å². The molecule has 0 unspecified atom stereocenters. The highest BCUT2D eigenvalue weighted by Gasteiger charge is 2.13. The van der Waals surface area contributed by atoms with E-state index in [1.165, 1.54) is 12.8 Å². The van der Waals surface area contributed by atoms with E-state index in [0.717, 1.165) is 35.3 Å². The quantitative estimate of drug-likeness (QED) is 0.463. The molecule has 2 heterocycles.